The Labute approximate surface area is 120 Å². The molecule has 0 saturated heterocycles. The first-order chi connectivity index (χ1) is 10.1. The molecule has 1 aromatic carbocycles. The second-order valence-electron chi connectivity index (χ2n) is 4.88. The van der Waals surface area contributed by atoms with Gasteiger partial charge in [0.1, 0.15) is 0 Å². The number of rotatable bonds is 3. The molecule has 0 spiro atoms. The van der Waals surface area contributed by atoms with Crippen LogP contribution in [0, 0.1) is 0 Å². The minimum absolute atomic E-state index is 0.0776. The number of nitrogens with zero attached hydrogens (tertiary/aromatic N) is 5. The van der Waals surface area contributed by atoms with Gasteiger partial charge in [-0.1, -0.05) is 23.4 Å². The fourth-order valence-electron chi connectivity index (χ4n) is 2.20. The number of hydrogen-bond donors (Lipinski definition) is 0. The van der Waals surface area contributed by atoms with E-state index in [1.54, 1.807) is 0 Å². The lowest BCUT2D eigenvalue weighted by Crippen LogP contribution is -2.25. The number of fused-ring (bicyclic) bond motifs is 1. The molecule has 0 aliphatic rings. The van der Waals surface area contributed by atoms with Crippen LogP contribution in [0.2, 0.25) is 0 Å². The molecule has 0 atom stereocenters. The monoisotopic (exact) mass is 285 g/mol. The lowest BCUT2D eigenvalue weighted by atomic mass is 10.3. The van der Waals surface area contributed by atoms with E-state index in [1.807, 2.05) is 44.2 Å². The summed E-state index contributed by atoms with van der Waals surface area (Å²) in [7, 11) is 1.49. The van der Waals surface area contributed by atoms with E-state index in [-0.39, 0.29) is 23.1 Å². The molecule has 2 aromatic heterocycles. The van der Waals surface area contributed by atoms with E-state index >= 15 is 0 Å². The zero-order valence-electron chi connectivity index (χ0n) is 12.0. The number of hydrogen-bond acceptors (Lipinski definition) is 5. The number of aromatic nitrogens is 5. The maximum Gasteiger partial charge on any atom is 0.301 e. The third-order valence-corrected chi connectivity index (χ3v) is 3.18. The Morgan fingerprint density at radius 1 is 1.19 bits per heavy atom. The summed E-state index contributed by atoms with van der Waals surface area (Å²) in [5.74, 6) is 0. The van der Waals surface area contributed by atoms with Crippen LogP contribution in [0.4, 0.5) is 0 Å². The summed E-state index contributed by atoms with van der Waals surface area (Å²) in [6.07, 6.45) is 0. The summed E-state index contributed by atoms with van der Waals surface area (Å²) in [5, 5.41) is 8.01. The van der Waals surface area contributed by atoms with Gasteiger partial charge in [0.05, 0.1) is 12.8 Å². The molecule has 0 amide bonds. The van der Waals surface area contributed by atoms with Crippen LogP contribution in [0.1, 0.15) is 19.9 Å². The Balaban J connectivity index is 2.34. The van der Waals surface area contributed by atoms with Gasteiger partial charge in [0.2, 0.25) is 0 Å². The maximum atomic E-state index is 12.5. The van der Waals surface area contributed by atoms with E-state index in [0.29, 0.717) is 5.65 Å². The highest BCUT2D eigenvalue weighted by Gasteiger charge is 2.19. The predicted molar refractivity (Wildman–Crippen MR) is 77.9 cm³/mol. The Kier molecular flexibility index (Phi) is 3.17. The first-order valence-electron chi connectivity index (χ1n) is 6.61. The van der Waals surface area contributed by atoms with Crippen LogP contribution in [-0.4, -0.2) is 31.7 Å². The highest BCUT2D eigenvalue weighted by atomic mass is 16.5. The van der Waals surface area contributed by atoms with Gasteiger partial charge in [0.15, 0.2) is 11.2 Å². The van der Waals surface area contributed by atoms with E-state index in [2.05, 4.69) is 15.3 Å². The van der Waals surface area contributed by atoms with E-state index < -0.39 is 0 Å². The lowest BCUT2D eigenvalue weighted by molar-refractivity contribution is 0.336. The third kappa shape index (κ3) is 2.06. The van der Waals surface area contributed by atoms with Crippen molar-refractivity contribution < 1.29 is 4.74 Å². The van der Waals surface area contributed by atoms with Crippen molar-refractivity contribution in [2.45, 2.75) is 19.9 Å². The minimum Gasteiger partial charge on any atom is -0.468 e. The van der Waals surface area contributed by atoms with Gasteiger partial charge in [-0.3, -0.25) is 9.36 Å². The average molecular weight is 285 g/mol. The van der Waals surface area contributed by atoms with Crippen LogP contribution in [0.15, 0.2) is 35.1 Å². The maximum absolute atomic E-state index is 12.5. The topological polar surface area (TPSA) is 74.8 Å². The molecule has 3 rings (SSSR count). The highest BCUT2D eigenvalue weighted by Crippen LogP contribution is 2.17. The molecule has 0 saturated carbocycles. The van der Waals surface area contributed by atoms with E-state index in [1.165, 1.54) is 16.4 Å². The number of methoxy groups -OCH3 is 1. The van der Waals surface area contributed by atoms with Gasteiger partial charge in [-0.05, 0) is 26.0 Å². The van der Waals surface area contributed by atoms with E-state index in [9.17, 15) is 4.79 Å². The normalized spacial score (nSPS) is 11.2. The van der Waals surface area contributed by atoms with Crippen molar-refractivity contribution in [3.05, 3.63) is 40.7 Å². The molecule has 2 heterocycles. The molecular weight excluding hydrogens is 270 g/mol. The van der Waals surface area contributed by atoms with Crippen molar-refractivity contribution in [2.24, 2.45) is 0 Å². The number of ether oxygens (including phenoxy) is 1. The van der Waals surface area contributed by atoms with Crippen LogP contribution in [0.3, 0.4) is 0 Å². The Hall–Kier alpha value is -2.70. The molecule has 0 unspecified atom stereocenters. The highest BCUT2D eigenvalue weighted by molar-refractivity contribution is 5.71. The summed E-state index contributed by atoms with van der Waals surface area (Å²) in [4.78, 5) is 16.9. The van der Waals surface area contributed by atoms with Crippen molar-refractivity contribution >= 4 is 11.2 Å². The summed E-state index contributed by atoms with van der Waals surface area (Å²) in [5.41, 5.74) is 1.15. The van der Waals surface area contributed by atoms with Crippen LogP contribution in [0.5, 0.6) is 6.01 Å². The molecule has 0 aliphatic heterocycles. The molecule has 0 radical (unpaired) electrons. The quantitative estimate of drug-likeness (QED) is 0.730. The van der Waals surface area contributed by atoms with Crippen LogP contribution < -0.4 is 10.3 Å². The van der Waals surface area contributed by atoms with Crippen molar-refractivity contribution in [3.8, 4) is 11.7 Å². The average Bonchev–Trinajstić information content (AvgIpc) is 2.91. The fraction of sp³-hybridized carbons (Fsp3) is 0.286. The fourth-order valence-corrected chi connectivity index (χ4v) is 2.20. The first kappa shape index (κ1) is 13.3. The van der Waals surface area contributed by atoms with Crippen LogP contribution >= 0.6 is 0 Å². The van der Waals surface area contributed by atoms with Crippen molar-refractivity contribution in [3.63, 3.8) is 0 Å². The van der Waals surface area contributed by atoms with Gasteiger partial charge >= 0.3 is 6.01 Å². The number of para-hydroxylation sites is 1. The largest absolute Gasteiger partial charge is 0.468 e. The Bertz CT molecular complexity index is 836. The summed E-state index contributed by atoms with van der Waals surface area (Å²) < 4.78 is 8.24. The predicted octanol–water partition coefficient (Wildman–Crippen LogP) is 1.57. The zero-order valence-corrected chi connectivity index (χ0v) is 12.0. The molecule has 7 heteroatoms. The summed E-state index contributed by atoms with van der Waals surface area (Å²) in [6.45, 7) is 3.78. The molecule has 108 valence electrons. The van der Waals surface area contributed by atoms with Crippen LogP contribution in [0.25, 0.3) is 16.9 Å². The van der Waals surface area contributed by atoms with E-state index in [4.69, 9.17) is 4.74 Å². The van der Waals surface area contributed by atoms with Gasteiger partial charge in [0.25, 0.3) is 5.56 Å². The molecule has 0 N–H and O–H groups in total. The van der Waals surface area contributed by atoms with Gasteiger partial charge in [-0.2, -0.15) is 9.67 Å². The standard InChI is InChI=1S/C14H15N5O2/c1-9(2)18-13(20)11-12(15-14(18)21-3)19(17-16-11)10-7-5-4-6-8-10/h4-9H,1-3H3. The zero-order chi connectivity index (χ0) is 15.0. The van der Waals surface area contributed by atoms with Crippen molar-refractivity contribution in [1.29, 1.82) is 0 Å². The van der Waals surface area contributed by atoms with Gasteiger partial charge in [0, 0.05) is 6.04 Å². The second-order valence-corrected chi connectivity index (χ2v) is 4.88. The molecule has 7 nitrogen and oxygen atoms in total. The molecular formula is C14H15N5O2. The van der Waals surface area contributed by atoms with Gasteiger partial charge in [-0.15, -0.1) is 5.10 Å². The van der Waals surface area contributed by atoms with Gasteiger partial charge in [-0.25, -0.2) is 0 Å². The molecule has 3 aromatic rings. The molecule has 0 aliphatic carbocycles. The molecule has 0 fully saturated rings. The lowest BCUT2D eigenvalue weighted by Gasteiger charge is -2.13. The molecule has 21 heavy (non-hydrogen) atoms. The van der Waals surface area contributed by atoms with Crippen molar-refractivity contribution in [2.75, 3.05) is 7.11 Å². The minimum atomic E-state index is -0.256. The third-order valence-electron chi connectivity index (χ3n) is 3.18. The summed E-state index contributed by atoms with van der Waals surface area (Å²) in [6, 6.07) is 9.59. The Morgan fingerprint density at radius 3 is 2.52 bits per heavy atom. The smallest absolute Gasteiger partial charge is 0.301 e. The Morgan fingerprint density at radius 2 is 1.90 bits per heavy atom. The van der Waals surface area contributed by atoms with Crippen molar-refractivity contribution in [1.82, 2.24) is 24.5 Å². The van der Waals surface area contributed by atoms with Crippen LogP contribution in [-0.2, 0) is 0 Å². The SMILES string of the molecule is COc1nc2c(nnn2-c2ccccc2)c(=O)n1C(C)C. The van der Waals surface area contributed by atoms with Gasteiger partial charge < -0.3 is 4.74 Å². The second kappa shape index (κ2) is 5.01. The molecule has 0 bridgehead atoms. The van der Waals surface area contributed by atoms with E-state index in [0.717, 1.165) is 5.69 Å². The first-order valence-corrected chi connectivity index (χ1v) is 6.61. The summed E-state index contributed by atoms with van der Waals surface area (Å²) >= 11 is 0. The number of benzene rings is 1.